The molecule has 7 nitrogen and oxygen atoms in total. The molecule has 0 heterocycles. The van der Waals surface area contributed by atoms with E-state index >= 15 is 0 Å². The van der Waals surface area contributed by atoms with Crippen LogP contribution in [0, 0.1) is 17.8 Å². The van der Waals surface area contributed by atoms with E-state index in [1.807, 2.05) is 0 Å². The standard InChI is InChI=1S/C18H33NO6/c1-6-15(9-7-8-12(2)3)10-16(17(21)22)11-19-18(23)25-14(5)24-13(4)20/h12,14-16H,6-11H2,1-5H3,(H,19,23)(H,21,22)/t14-,15-,16-/m0/s1. The van der Waals surface area contributed by atoms with Crippen molar-refractivity contribution in [3.8, 4) is 0 Å². The predicted octanol–water partition coefficient (Wildman–Crippen LogP) is 3.57. The third-order valence-electron chi connectivity index (χ3n) is 4.04. The molecule has 0 aliphatic rings. The fraction of sp³-hybridized carbons (Fsp3) is 0.833. The molecule has 0 aromatic rings. The molecule has 3 atom stereocenters. The summed E-state index contributed by atoms with van der Waals surface area (Å²) in [6, 6.07) is 0. The average molecular weight is 359 g/mol. The zero-order valence-corrected chi connectivity index (χ0v) is 16.0. The van der Waals surface area contributed by atoms with E-state index in [9.17, 15) is 19.5 Å². The summed E-state index contributed by atoms with van der Waals surface area (Å²) in [5.41, 5.74) is 0. The fourth-order valence-electron chi connectivity index (χ4n) is 2.63. The molecule has 0 aromatic heterocycles. The molecule has 1 amide bonds. The number of carboxylic acid groups (broad SMARTS) is 1. The number of carboxylic acids is 1. The number of carbonyl (C=O) groups excluding carboxylic acids is 2. The highest BCUT2D eigenvalue weighted by Gasteiger charge is 2.23. The Balaban J connectivity index is 4.37. The summed E-state index contributed by atoms with van der Waals surface area (Å²) in [7, 11) is 0. The summed E-state index contributed by atoms with van der Waals surface area (Å²) in [5, 5.41) is 11.8. The minimum absolute atomic E-state index is 0.0123. The minimum atomic E-state index is -1.01. The lowest BCUT2D eigenvalue weighted by molar-refractivity contribution is -0.162. The van der Waals surface area contributed by atoms with Gasteiger partial charge in [-0.3, -0.25) is 9.59 Å². The van der Waals surface area contributed by atoms with Crippen molar-refractivity contribution in [2.75, 3.05) is 6.54 Å². The molecule has 0 bridgehead atoms. The van der Waals surface area contributed by atoms with Crippen LogP contribution in [-0.4, -0.2) is 36.0 Å². The van der Waals surface area contributed by atoms with Crippen molar-refractivity contribution in [1.82, 2.24) is 5.32 Å². The quantitative estimate of drug-likeness (QED) is 0.408. The SMILES string of the molecule is CC[C@@H](CCCC(C)C)C[C@@H](CNC(=O)O[C@@H](C)OC(C)=O)C(=O)O. The molecular formula is C18H33NO6. The van der Waals surface area contributed by atoms with Crippen LogP contribution in [-0.2, 0) is 19.1 Å². The van der Waals surface area contributed by atoms with Gasteiger partial charge in [0.25, 0.3) is 0 Å². The number of esters is 1. The number of nitrogens with one attached hydrogen (secondary N) is 1. The Labute approximate surface area is 150 Å². The maximum Gasteiger partial charge on any atom is 0.410 e. The van der Waals surface area contributed by atoms with Crippen molar-refractivity contribution < 1.29 is 29.0 Å². The normalized spacial score (nSPS) is 14.5. The average Bonchev–Trinajstić information content (AvgIpc) is 2.47. The van der Waals surface area contributed by atoms with Gasteiger partial charge in [-0.2, -0.15) is 0 Å². The van der Waals surface area contributed by atoms with Gasteiger partial charge in [0.2, 0.25) is 6.29 Å². The molecule has 25 heavy (non-hydrogen) atoms. The molecule has 0 aromatic carbocycles. The van der Waals surface area contributed by atoms with Crippen LogP contribution >= 0.6 is 0 Å². The first-order valence-corrected chi connectivity index (χ1v) is 9.00. The Bertz CT molecular complexity index is 424. The zero-order valence-electron chi connectivity index (χ0n) is 16.0. The van der Waals surface area contributed by atoms with Gasteiger partial charge in [-0.05, 0) is 18.3 Å². The van der Waals surface area contributed by atoms with Crippen molar-refractivity contribution in [2.45, 2.75) is 73.0 Å². The number of alkyl carbamates (subject to hydrolysis) is 1. The monoisotopic (exact) mass is 359 g/mol. The highest BCUT2D eigenvalue weighted by Crippen LogP contribution is 2.23. The summed E-state index contributed by atoms with van der Waals surface area (Å²) in [6.07, 6.45) is 2.82. The predicted molar refractivity (Wildman–Crippen MR) is 93.9 cm³/mol. The van der Waals surface area contributed by atoms with Crippen molar-refractivity contribution >= 4 is 18.0 Å². The van der Waals surface area contributed by atoms with E-state index in [1.165, 1.54) is 13.8 Å². The maximum atomic E-state index is 11.6. The number of carbonyl (C=O) groups is 3. The first kappa shape index (κ1) is 23.2. The van der Waals surface area contributed by atoms with E-state index in [2.05, 4.69) is 30.8 Å². The molecule has 2 N–H and O–H groups in total. The molecule has 146 valence electrons. The Morgan fingerprint density at radius 1 is 1.08 bits per heavy atom. The molecule has 0 unspecified atom stereocenters. The number of amides is 1. The molecule has 0 radical (unpaired) electrons. The molecule has 0 saturated heterocycles. The highest BCUT2D eigenvalue weighted by atomic mass is 16.7. The molecule has 7 heteroatoms. The molecule has 0 aliphatic heterocycles. The van der Waals surface area contributed by atoms with Crippen molar-refractivity contribution in [2.24, 2.45) is 17.8 Å². The van der Waals surface area contributed by atoms with Crippen LogP contribution in [0.1, 0.15) is 66.7 Å². The van der Waals surface area contributed by atoms with Crippen molar-refractivity contribution in [3.05, 3.63) is 0 Å². The van der Waals surface area contributed by atoms with E-state index in [0.29, 0.717) is 18.3 Å². The first-order valence-electron chi connectivity index (χ1n) is 9.00. The molecular weight excluding hydrogens is 326 g/mol. The Morgan fingerprint density at radius 3 is 2.20 bits per heavy atom. The Kier molecular flexibility index (Phi) is 11.7. The van der Waals surface area contributed by atoms with Crippen LogP contribution in [0.2, 0.25) is 0 Å². The van der Waals surface area contributed by atoms with E-state index in [0.717, 1.165) is 25.7 Å². The Hall–Kier alpha value is -1.79. The number of aliphatic carboxylic acids is 1. The second-order valence-corrected chi connectivity index (χ2v) is 6.83. The molecule has 0 fully saturated rings. The smallest absolute Gasteiger partial charge is 0.410 e. The second kappa shape index (κ2) is 12.6. The third-order valence-corrected chi connectivity index (χ3v) is 4.04. The van der Waals surface area contributed by atoms with Gasteiger partial charge < -0.3 is 19.9 Å². The number of rotatable bonds is 12. The molecule has 0 saturated carbocycles. The maximum absolute atomic E-state index is 11.6. The van der Waals surface area contributed by atoms with Crippen LogP contribution in [0.3, 0.4) is 0 Å². The number of hydrogen-bond donors (Lipinski definition) is 2. The van der Waals surface area contributed by atoms with E-state index in [4.69, 9.17) is 4.74 Å². The second-order valence-electron chi connectivity index (χ2n) is 6.83. The van der Waals surface area contributed by atoms with E-state index < -0.39 is 30.2 Å². The first-order chi connectivity index (χ1) is 11.6. The molecule has 0 rings (SSSR count). The summed E-state index contributed by atoms with van der Waals surface area (Å²) in [6.45, 7) is 9.02. The summed E-state index contributed by atoms with van der Waals surface area (Å²) < 4.78 is 9.51. The van der Waals surface area contributed by atoms with Gasteiger partial charge in [0, 0.05) is 20.4 Å². The number of hydrogen-bond acceptors (Lipinski definition) is 5. The van der Waals surface area contributed by atoms with Gasteiger partial charge in [-0.1, -0.05) is 46.5 Å². The van der Waals surface area contributed by atoms with Gasteiger partial charge in [0.15, 0.2) is 0 Å². The summed E-state index contributed by atoms with van der Waals surface area (Å²) in [5.74, 6) is -1.20. The lowest BCUT2D eigenvalue weighted by Crippen LogP contribution is -2.36. The van der Waals surface area contributed by atoms with Gasteiger partial charge in [0.1, 0.15) is 0 Å². The largest absolute Gasteiger partial charge is 0.481 e. The molecule has 0 spiro atoms. The topological polar surface area (TPSA) is 102 Å². The Morgan fingerprint density at radius 2 is 1.72 bits per heavy atom. The fourth-order valence-corrected chi connectivity index (χ4v) is 2.63. The third kappa shape index (κ3) is 12.3. The summed E-state index contributed by atoms with van der Waals surface area (Å²) >= 11 is 0. The molecule has 0 aliphatic carbocycles. The van der Waals surface area contributed by atoms with Crippen LogP contribution < -0.4 is 5.32 Å². The lowest BCUT2D eigenvalue weighted by Gasteiger charge is -2.21. The van der Waals surface area contributed by atoms with Crippen molar-refractivity contribution in [1.29, 1.82) is 0 Å². The number of ether oxygens (including phenoxy) is 2. The van der Waals surface area contributed by atoms with Crippen LogP contribution in [0.15, 0.2) is 0 Å². The van der Waals surface area contributed by atoms with Crippen molar-refractivity contribution in [3.63, 3.8) is 0 Å². The lowest BCUT2D eigenvalue weighted by atomic mass is 9.87. The summed E-state index contributed by atoms with van der Waals surface area (Å²) in [4.78, 5) is 33.9. The highest BCUT2D eigenvalue weighted by molar-refractivity contribution is 5.72. The van der Waals surface area contributed by atoms with Crippen LogP contribution in [0.25, 0.3) is 0 Å². The minimum Gasteiger partial charge on any atom is -0.481 e. The van der Waals surface area contributed by atoms with Crippen LogP contribution in [0.4, 0.5) is 4.79 Å². The van der Waals surface area contributed by atoms with Gasteiger partial charge in [0.05, 0.1) is 5.92 Å². The van der Waals surface area contributed by atoms with E-state index in [1.54, 1.807) is 0 Å². The van der Waals surface area contributed by atoms with Gasteiger partial charge in [-0.15, -0.1) is 0 Å². The van der Waals surface area contributed by atoms with E-state index in [-0.39, 0.29) is 6.54 Å². The van der Waals surface area contributed by atoms with Crippen LogP contribution in [0.5, 0.6) is 0 Å². The van der Waals surface area contributed by atoms with Gasteiger partial charge >= 0.3 is 18.0 Å². The van der Waals surface area contributed by atoms with Gasteiger partial charge in [-0.25, -0.2) is 4.79 Å². The zero-order chi connectivity index (χ0) is 19.4.